The molecule has 0 spiro atoms. The summed E-state index contributed by atoms with van der Waals surface area (Å²) in [6.07, 6.45) is 4.13. The molecule has 0 radical (unpaired) electrons. The molecule has 8 heteroatoms. The van der Waals surface area contributed by atoms with Gasteiger partial charge in [0.1, 0.15) is 11.2 Å². The molecule has 8 nitrogen and oxygen atoms in total. The lowest BCUT2D eigenvalue weighted by Gasteiger charge is -2.24. The van der Waals surface area contributed by atoms with Gasteiger partial charge in [0.05, 0.1) is 0 Å². The first-order valence-electron chi connectivity index (χ1n) is 11.3. The fraction of sp³-hybridized carbons (Fsp3) is 0.909. The Kier molecular flexibility index (Phi) is 11.5. The van der Waals surface area contributed by atoms with Gasteiger partial charge < -0.3 is 30.7 Å². The minimum atomic E-state index is -0.408. The van der Waals surface area contributed by atoms with Crippen molar-refractivity contribution in [1.82, 2.24) is 21.3 Å². The molecular formula is C22H44N4O4. The highest BCUT2D eigenvalue weighted by atomic mass is 16.6. The van der Waals surface area contributed by atoms with Gasteiger partial charge in [-0.2, -0.15) is 0 Å². The zero-order chi connectivity index (χ0) is 22.6. The van der Waals surface area contributed by atoms with Crippen LogP contribution in [0.25, 0.3) is 0 Å². The summed E-state index contributed by atoms with van der Waals surface area (Å²) in [5.74, 6) is 1.09. The normalized spacial score (nSPS) is 22.2. The van der Waals surface area contributed by atoms with E-state index in [-0.39, 0.29) is 12.2 Å². The van der Waals surface area contributed by atoms with Crippen LogP contribution >= 0.6 is 0 Å². The minimum absolute atomic E-state index is 0.312. The summed E-state index contributed by atoms with van der Waals surface area (Å²) in [6, 6.07) is 0. The van der Waals surface area contributed by atoms with Gasteiger partial charge in [-0.25, -0.2) is 9.59 Å². The van der Waals surface area contributed by atoms with E-state index in [2.05, 4.69) is 21.3 Å². The van der Waals surface area contributed by atoms with Crippen molar-refractivity contribution in [3.63, 3.8) is 0 Å². The molecule has 4 N–H and O–H groups in total. The molecule has 176 valence electrons. The molecule has 2 saturated heterocycles. The van der Waals surface area contributed by atoms with Crippen molar-refractivity contribution in [2.75, 3.05) is 39.3 Å². The van der Waals surface area contributed by atoms with Crippen LogP contribution in [0.4, 0.5) is 9.59 Å². The third-order valence-electron chi connectivity index (χ3n) is 4.67. The number of carbonyl (C=O) groups excluding carboxylic acids is 2. The van der Waals surface area contributed by atoms with Crippen LogP contribution in [-0.2, 0) is 9.47 Å². The quantitative estimate of drug-likeness (QED) is 0.549. The number of hydrogen-bond donors (Lipinski definition) is 4. The Morgan fingerprint density at radius 1 is 0.767 bits per heavy atom. The lowest BCUT2D eigenvalue weighted by Crippen LogP contribution is -2.40. The Bertz CT molecular complexity index is 456. The summed E-state index contributed by atoms with van der Waals surface area (Å²) < 4.78 is 10.3. The first-order chi connectivity index (χ1) is 13.9. The molecule has 2 atom stereocenters. The van der Waals surface area contributed by atoms with Crippen molar-refractivity contribution in [3.05, 3.63) is 0 Å². The molecule has 0 bridgehead atoms. The van der Waals surface area contributed by atoms with Gasteiger partial charge >= 0.3 is 12.2 Å². The molecule has 2 heterocycles. The molecule has 2 rings (SSSR count). The van der Waals surface area contributed by atoms with E-state index in [9.17, 15) is 9.59 Å². The highest BCUT2D eigenvalue weighted by Crippen LogP contribution is 2.11. The van der Waals surface area contributed by atoms with E-state index in [0.717, 1.165) is 26.2 Å². The molecular weight excluding hydrogens is 384 g/mol. The number of hydrogen-bond acceptors (Lipinski definition) is 6. The number of amides is 2. The second kappa shape index (κ2) is 13.0. The van der Waals surface area contributed by atoms with Gasteiger partial charge in [0.15, 0.2) is 0 Å². The molecule has 0 aliphatic carbocycles. The number of alkyl carbamates (subject to hydrolysis) is 2. The van der Waals surface area contributed by atoms with Gasteiger partial charge in [-0.3, -0.25) is 0 Å². The first-order valence-corrected chi connectivity index (χ1v) is 11.3. The largest absolute Gasteiger partial charge is 0.444 e. The van der Waals surface area contributed by atoms with Gasteiger partial charge in [-0.1, -0.05) is 0 Å². The van der Waals surface area contributed by atoms with Crippen LogP contribution in [-0.4, -0.2) is 62.7 Å². The second-order valence-electron chi connectivity index (χ2n) is 10.2. The molecule has 2 amide bonds. The fourth-order valence-corrected chi connectivity index (χ4v) is 3.28. The average molecular weight is 429 g/mol. The van der Waals surface area contributed by atoms with E-state index < -0.39 is 11.2 Å². The molecule has 0 aromatic rings. The molecule has 0 saturated carbocycles. The predicted octanol–water partition coefficient (Wildman–Crippen LogP) is 3.02. The predicted molar refractivity (Wildman–Crippen MR) is 120 cm³/mol. The molecule has 2 aliphatic heterocycles. The van der Waals surface area contributed by atoms with E-state index in [4.69, 9.17) is 9.47 Å². The maximum Gasteiger partial charge on any atom is 0.407 e. The van der Waals surface area contributed by atoms with E-state index in [1.807, 2.05) is 41.5 Å². The summed E-state index contributed by atoms with van der Waals surface area (Å²) >= 11 is 0. The average Bonchev–Trinajstić information content (AvgIpc) is 2.64. The van der Waals surface area contributed by atoms with E-state index in [1.54, 1.807) is 0 Å². The number of rotatable bonds is 4. The lowest BCUT2D eigenvalue weighted by atomic mass is 10.00. The van der Waals surface area contributed by atoms with Crippen LogP contribution in [0.2, 0.25) is 0 Å². The SMILES string of the molecule is CC(C)(C)OC(=O)NC[C@@H]1CCCNC1.CC(C)(C)OC(=O)NC[C@H]1CCCNC1. The summed E-state index contributed by atoms with van der Waals surface area (Å²) in [5, 5.41) is 12.2. The second-order valence-corrected chi connectivity index (χ2v) is 10.2. The van der Waals surface area contributed by atoms with E-state index in [1.165, 1.54) is 25.7 Å². The topological polar surface area (TPSA) is 101 Å². The van der Waals surface area contributed by atoms with Crippen LogP contribution in [0, 0.1) is 11.8 Å². The van der Waals surface area contributed by atoms with Crippen LogP contribution in [0.15, 0.2) is 0 Å². The van der Waals surface area contributed by atoms with Crippen molar-refractivity contribution >= 4 is 12.2 Å². The Balaban J connectivity index is 0.000000300. The van der Waals surface area contributed by atoms with Crippen LogP contribution in [0.1, 0.15) is 67.2 Å². The minimum Gasteiger partial charge on any atom is -0.444 e. The van der Waals surface area contributed by atoms with Crippen molar-refractivity contribution in [1.29, 1.82) is 0 Å². The van der Waals surface area contributed by atoms with Gasteiger partial charge in [-0.05, 0) is 105 Å². The third kappa shape index (κ3) is 14.4. The highest BCUT2D eigenvalue weighted by Gasteiger charge is 2.19. The van der Waals surface area contributed by atoms with Crippen LogP contribution in [0.5, 0.6) is 0 Å². The standard InChI is InChI=1S/2C11H22N2O2/c2*1-11(2,3)15-10(14)13-8-9-5-4-6-12-7-9/h2*9,12H,4-8H2,1-3H3,(H,13,14)/t2*9-/m10/s1. The molecule has 30 heavy (non-hydrogen) atoms. The fourth-order valence-electron chi connectivity index (χ4n) is 3.28. The summed E-state index contributed by atoms with van der Waals surface area (Å²) in [6.45, 7) is 16.8. The Labute approximate surface area is 182 Å². The Hall–Kier alpha value is -1.54. The van der Waals surface area contributed by atoms with Crippen LogP contribution in [0.3, 0.4) is 0 Å². The van der Waals surface area contributed by atoms with Crippen molar-refractivity contribution in [3.8, 4) is 0 Å². The number of piperidine rings is 2. The Morgan fingerprint density at radius 3 is 1.40 bits per heavy atom. The van der Waals surface area contributed by atoms with Crippen molar-refractivity contribution in [2.24, 2.45) is 11.8 Å². The third-order valence-corrected chi connectivity index (χ3v) is 4.67. The van der Waals surface area contributed by atoms with Crippen LogP contribution < -0.4 is 21.3 Å². The van der Waals surface area contributed by atoms with Gasteiger partial charge in [0.25, 0.3) is 0 Å². The van der Waals surface area contributed by atoms with Gasteiger partial charge in [-0.15, -0.1) is 0 Å². The smallest absolute Gasteiger partial charge is 0.407 e. The number of carbonyl (C=O) groups is 2. The zero-order valence-corrected chi connectivity index (χ0v) is 19.9. The first kappa shape index (κ1) is 26.5. The summed E-state index contributed by atoms with van der Waals surface area (Å²) in [7, 11) is 0. The van der Waals surface area contributed by atoms with Gasteiger partial charge in [0.2, 0.25) is 0 Å². The maximum atomic E-state index is 11.3. The molecule has 2 fully saturated rings. The monoisotopic (exact) mass is 428 g/mol. The van der Waals surface area contributed by atoms with Gasteiger partial charge in [0, 0.05) is 13.1 Å². The molecule has 2 aliphatic rings. The number of ether oxygens (including phenoxy) is 2. The number of nitrogens with one attached hydrogen (secondary N) is 4. The summed E-state index contributed by atoms with van der Waals surface area (Å²) in [5.41, 5.74) is -0.816. The summed E-state index contributed by atoms with van der Waals surface area (Å²) in [4.78, 5) is 22.7. The molecule has 0 aromatic heterocycles. The highest BCUT2D eigenvalue weighted by molar-refractivity contribution is 5.67. The maximum absolute atomic E-state index is 11.3. The molecule has 0 aromatic carbocycles. The van der Waals surface area contributed by atoms with Crippen molar-refractivity contribution in [2.45, 2.75) is 78.4 Å². The van der Waals surface area contributed by atoms with E-state index >= 15 is 0 Å². The molecule has 0 unspecified atom stereocenters. The Morgan fingerprint density at radius 2 is 1.13 bits per heavy atom. The van der Waals surface area contributed by atoms with E-state index in [0.29, 0.717) is 24.9 Å². The zero-order valence-electron chi connectivity index (χ0n) is 19.9. The lowest BCUT2D eigenvalue weighted by molar-refractivity contribution is 0.0505. The van der Waals surface area contributed by atoms with Crippen molar-refractivity contribution < 1.29 is 19.1 Å².